The van der Waals surface area contributed by atoms with E-state index in [0.29, 0.717) is 44.0 Å². The molecule has 10 heteroatoms. The number of nitrogens with one attached hydrogen (secondary N) is 2. The van der Waals surface area contributed by atoms with Gasteiger partial charge in [-0.05, 0) is 25.0 Å². The summed E-state index contributed by atoms with van der Waals surface area (Å²) < 4.78 is 38.1. The third-order valence-corrected chi connectivity index (χ3v) is 6.06. The van der Waals surface area contributed by atoms with Crippen LogP contribution in [0.25, 0.3) is 0 Å². The van der Waals surface area contributed by atoms with E-state index in [1.807, 2.05) is 0 Å². The van der Waals surface area contributed by atoms with E-state index in [9.17, 15) is 18.0 Å². The van der Waals surface area contributed by atoms with Gasteiger partial charge in [-0.15, -0.1) is 0 Å². The van der Waals surface area contributed by atoms with Gasteiger partial charge in [0.2, 0.25) is 15.9 Å². The zero-order valence-electron chi connectivity index (χ0n) is 14.7. The molecular weight excluding hydrogens is 376 g/mol. The van der Waals surface area contributed by atoms with Gasteiger partial charge in [0.05, 0.1) is 23.5 Å². The van der Waals surface area contributed by atoms with Crippen molar-refractivity contribution in [1.29, 1.82) is 0 Å². The van der Waals surface area contributed by atoms with Crippen molar-refractivity contribution in [1.82, 2.24) is 10.0 Å². The second-order valence-electron chi connectivity index (χ2n) is 6.67. The predicted octanol–water partition coefficient (Wildman–Crippen LogP) is 0.497. The van der Waals surface area contributed by atoms with Crippen molar-refractivity contribution in [2.24, 2.45) is 5.41 Å². The zero-order valence-corrected chi connectivity index (χ0v) is 15.5. The van der Waals surface area contributed by atoms with Crippen molar-refractivity contribution < 1.29 is 32.6 Å². The Labute approximate surface area is 157 Å². The molecule has 0 bridgehead atoms. The first kappa shape index (κ1) is 19.4. The van der Waals surface area contributed by atoms with E-state index >= 15 is 0 Å². The molecule has 3 rings (SSSR count). The van der Waals surface area contributed by atoms with E-state index in [4.69, 9.17) is 14.6 Å². The van der Waals surface area contributed by atoms with Crippen LogP contribution < -0.4 is 19.5 Å². The Morgan fingerprint density at radius 2 is 1.85 bits per heavy atom. The smallest absolute Gasteiger partial charge is 0.311 e. The molecule has 1 saturated carbocycles. The molecule has 1 aliphatic carbocycles. The van der Waals surface area contributed by atoms with Gasteiger partial charge < -0.3 is 19.9 Å². The number of carbonyl (C=O) groups excluding carboxylic acids is 1. The van der Waals surface area contributed by atoms with Gasteiger partial charge in [-0.1, -0.05) is 0 Å². The van der Waals surface area contributed by atoms with E-state index < -0.39 is 27.3 Å². The molecule has 1 aromatic carbocycles. The van der Waals surface area contributed by atoms with E-state index in [1.165, 1.54) is 12.1 Å². The Bertz CT molecular complexity index is 834. The number of rotatable bonds is 8. The van der Waals surface area contributed by atoms with Gasteiger partial charge in [0, 0.05) is 32.0 Å². The summed E-state index contributed by atoms with van der Waals surface area (Å²) in [4.78, 5) is 22.9. The summed E-state index contributed by atoms with van der Waals surface area (Å²) in [5, 5.41) is 11.6. The van der Waals surface area contributed by atoms with Crippen molar-refractivity contribution >= 4 is 21.9 Å². The largest absolute Gasteiger partial charge is 0.490 e. The van der Waals surface area contributed by atoms with Gasteiger partial charge in [0.1, 0.15) is 0 Å². The molecule has 0 saturated heterocycles. The van der Waals surface area contributed by atoms with Gasteiger partial charge in [0.25, 0.3) is 0 Å². The minimum atomic E-state index is -3.81. The van der Waals surface area contributed by atoms with Crippen molar-refractivity contribution in [2.45, 2.75) is 30.6 Å². The minimum absolute atomic E-state index is 0.0231. The summed E-state index contributed by atoms with van der Waals surface area (Å²) in [7, 11) is -3.81. The molecule has 3 N–H and O–H groups in total. The van der Waals surface area contributed by atoms with Gasteiger partial charge in [-0.3, -0.25) is 9.59 Å². The lowest BCUT2D eigenvalue weighted by atomic mass is 10.1. The number of carboxylic acids is 1. The number of ether oxygens (including phenoxy) is 2. The SMILES string of the molecule is O=C(CCNS(=O)(=O)c1ccc2c(c1)OCCCO2)NCC1(C(=O)O)CC1. The maximum absolute atomic E-state index is 12.4. The van der Waals surface area contributed by atoms with Crippen molar-refractivity contribution in [3.05, 3.63) is 18.2 Å². The molecule has 0 unspecified atom stereocenters. The normalized spacial score (nSPS) is 17.6. The molecule has 1 amide bonds. The molecule has 9 nitrogen and oxygen atoms in total. The highest BCUT2D eigenvalue weighted by atomic mass is 32.2. The minimum Gasteiger partial charge on any atom is -0.490 e. The van der Waals surface area contributed by atoms with Crippen LogP contribution in [0, 0.1) is 5.41 Å². The van der Waals surface area contributed by atoms with Gasteiger partial charge in [0.15, 0.2) is 11.5 Å². The summed E-state index contributed by atoms with van der Waals surface area (Å²) in [6.07, 6.45) is 1.71. The Morgan fingerprint density at radius 3 is 2.52 bits per heavy atom. The molecule has 0 spiro atoms. The molecule has 148 valence electrons. The number of aliphatic carboxylic acids is 1. The molecule has 0 aromatic heterocycles. The molecular formula is C17H22N2O7S. The molecule has 2 aliphatic rings. The van der Waals surface area contributed by atoms with Crippen LogP contribution in [0.5, 0.6) is 11.5 Å². The average molecular weight is 398 g/mol. The highest BCUT2D eigenvalue weighted by Crippen LogP contribution is 2.45. The quantitative estimate of drug-likeness (QED) is 0.581. The first-order valence-electron chi connectivity index (χ1n) is 8.72. The molecule has 27 heavy (non-hydrogen) atoms. The number of carbonyl (C=O) groups is 2. The summed E-state index contributed by atoms with van der Waals surface area (Å²) in [6, 6.07) is 4.36. The van der Waals surface area contributed by atoms with Crippen molar-refractivity contribution in [3.8, 4) is 11.5 Å². The van der Waals surface area contributed by atoms with Crippen LogP contribution in [0.4, 0.5) is 0 Å². The van der Waals surface area contributed by atoms with Gasteiger partial charge in [-0.2, -0.15) is 0 Å². The fourth-order valence-electron chi connectivity index (χ4n) is 2.67. The Balaban J connectivity index is 1.50. The van der Waals surface area contributed by atoms with Crippen molar-refractivity contribution in [2.75, 3.05) is 26.3 Å². The van der Waals surface area contributed by atoms with Gasteiger partial charge >= 0.3 is 5.97 Å². The van der Waals surface area contributed by atoms with Crippen LogP contribution in [0.1, 0.15) is 25.7 Å². The molecule has 1 aromatic rings. The average Bonchev–Trinajstić information content (AvgIpc) is 3.43. The fourth-order valence-corrected chi connectivity index (χ4v) is 3.71. The van der Waals surface area contributed by atoms with Crippen LogP contribution in [-0.2, 0) is 19.6 Å². The van der Waals surface area contributed by atoms with E-state index in [-0.39, 0.29) is 24.4 Å². The topological polar surface area (TPSA) is 131 Å². The standard InChI is InChI=1S/C17H22N2O7S/c20-15(18-11-17(5-6-17)16(21)22)4-7-19-27(23,24)12-2-3-13-14(10-12)26-9-1-8-25-13/h2-3,10,19H,1,4-9,11H2,(H,18,20)(H,21,22). The highest BCUT2D eigenvalue weighted by Gasteiger charge is 2.50. The first-order chi connectivity index (χ1) is 12.8. The van der Waals surface area contributed by atoms with E-state index in [2.05, 4.69) is 10.0 Å². The number of hydrogen-bond donors (Lipinski definition) is 3. The lowest BCUT2D eigenvalue weighted by Gasteiger charge is -2.12. The summed E-state index contributed by atoms with van der Waals surface area (Å²) >= 11 is 0. The zero-order chi connectivity index (χ0) is 19.5. The highest BCUT2D eigenvalue weighted by molar-refractivity contribution is 7.89. The van der Waals surface area contributed by atoms with Crippen LogP contribution >= 0.6 is 0 Å². The number of carboxylic acid groups (broad SMARTS) is 1. The summed E-state index contributed by atoms with van der Waals surface area (Å²) in [6.45, 7) is 0.927. The summed E-state index contributed by atoms with van der Waals surface area (Å²) in [5.41, 5.74) is -0.848. The molecule has 1 heterocycles. The first-order valence-corrected chi connectivity index (χ1v) is 10.2. The Kier molecular flexibility index (Phi) is 5.56. The van der Waals surface area contributed by atoms with Crippen LogP contribution in [0.2, 0.25) is 0 Å². The Morgan fingerprint density at radius 1 is 1.15 bits per heavy atom. The maximum Gasteiger partial charge on any atom is 0.311 e. The van der Waals surface area contributed by atoms with Crippen molar-refractivity contribution in [3.63, 3.8) is 0 Å². The number of amides is 1. The molecule has 0 atom stereocenters. The Hall–Kier alpha value is -2.33. The molecule has 1 aliphatic heterocycles. The molecule has 0 radical (unpaired) electrons. The third kappa shape index (κ3) is 4.69. The molecule has 1 fully saturated rings. The second-order valence-corrected chi connectivity index (χ2v) is 8.44. The number of benzene rings is 1. The van der Waals surface area contributed by atoms with Crippen LogP contribution in [0.3, 0.4) is 0 Å². The third-order valence-electron chi connectivity index (χ3n) is 4.60. The lowest BCUT2D eigenvalue weighted by molar-refractivity contribution is -0.143. The van der Waals surface area contributed by atoms with Gasteiger partial charge in [-0.25, -0.2) is 13.1 Å². The lowest BCUT2D eigenvalue weighted by Crippen LogP contribution is -2.36. The number of hydrogen-bond acceptors (Lipinski definition) is 6. The predicted molar refractivity (Wildman–Crippen MR) is 94.2 cm³/mol. The van der Waals surface area contributed by atoms with E-state index in [1.54, 1.807) is 6.07 Å². The second kappa shape index (κ2) is 7.73. The number of sulfonamides is 1. The monoisotopic (exact) mass is 398 g/mol. The fraction of sp³-hybridized carbons (Fsp3) is 0.529. The maximum atomic E-state index is 12.4. The van der Waals surface area contributed by atoms with E-state index in [0.717, 1.165) is 0 Å². The number of fused-ring (bicyclic) bond motifs is 1. The summed E-state index contributed by atoms with van der Waals surface area (Å²) in [5.74, 6) is -0.448. The van der Waals surface area contributed by atoms with Crippen LogP contribution in [0.15, 0.2) is 23.1 Å². The van der Waals surface area contributed by atoms with Crippen LogP contribution in [-0.4, -0.2) is 51.7 Å².